The van der Waals surface area contributed by atoms with Gasteiger partial charge in [-0.05, 0) is 42.7 Å². The summed E-state index contributed by atoms with van der Waals surface area (Å²) in [6.45, 7) is 0.146. The normalized spacial score (nSPS) is 9.65. The van der Waals surface area contributed by atoms with Crippen LogP contribution in [-0.4, -0.2) is 45.6 Å². The molecule has 0 bridgehead atoms. The Morgan fingerprint density at radius 3 is 1.26 bits per heavy atom. The van der Waals surface area contributed by atoms with Gasteiger partial charge in [0.1, 0.15) is 0 Å². The van der Waals surface area contributed by atoms with Gasteiger partial charge in [-0.25, -0.2) is 9.59 Å². The van der Waals surface area contributed by atoms with Crippen LogP contribution in [0, 0.1) is 5.92 Å². The summed E-state index contributed by atoms with van der Waals surface area (Å²) in [6, 6.07) is 26.7. The Morgan fingerprint density at radius 1 is 0.613 bits per heavy atom. The lowest BCUT2D eigenvalue weighted by molar-refractivity contribution is 0.0686. The van der Waals surface area contributed by atoms with Crippen molar-refractivity contribution in [1.29, 1.82) is 0 Å². The number of aliphatic hydroxyl groups is 2. The van der Waals surface area contributed by atoms with E-state index in [2.05, 4.69) is 12.1 Å². The third-order valence-electron chi connectivity index (χ3n) is 4.24. The Kier molecular flexibility index (Phi) is 12.7. The van der Waals surface area contributed by atoms with Gasteiger partial charge in [0.05, 0.1) is 11.1 Å². The molecule has 0 aliphatic rings. The molecule has 0 heterocycles. The smallest absolute Gasteiger partial charge is 0.335 e. The largest absolute Gasteiger partial charge is 0.478 e. The summed E-state index contributed by atoms with van der Waals surface area (Å²) in [4.78, 5) is 20.4. The summed E-state index contributed by atoms with van der Waals surface area (Å²) >= 11 is 0. The Morgan fingerprint density at radius 2 is 0.968 bits per heavy atom. The molecule has 0 unspecified atom stereocenters. The second-order valence-corrected chi connectivity index (χ2v) is 6.60. The monoisotopic (exact) mass is 424 g/mol. The quantitative estimate of drug-likeness (QED) is 0.456. The molecule has 0 saturated carbocycles. The van der Waals surface area contributed by atoms with Crippen LogP contribution in [-0.2, 0) is 6.42 Å². The fraction of sp³-hybridized carbons (Fsp3) is 0.200. The second-order valence-electron chi connectivity index (χ2n) is 6.60. The maximum atomic E-state index is 10.2. The van der Waals surface area contributed by atoms with Crippen molar-refractivity contribution in [2.24, 2.45) is 5.92 Å². The highest BCUT2D eigenvalue weighted by atomic mass is 16.4. The summed E-state index contributed by atoms with van der Waals surface area (Å²) in [5.74, 6) is -1.73. The highest BCUT2D eigenvalue weighted by molar-refractivity contribution is 5.87. The van der Waals surface area contributed by atoms with Gasteiger partial charge in [0, 0.05) is 19.1 Å². The summed E-state index contributed by atoms with van der Waals surface area (Å²) < 4.78 is 0. The van der Waals surface area contributed by atoms with Crippen LogP contribution in [0.5, 0.6) is 0 Å². The van der Waals surface area contributed by atoms with Crippen molar-refractivity contribution in [3.63, 3.8) is 0 Å². The first-order chi connectivity index (χ1) is 15.0. The van der Waals surface area contributed by atoms with Gasteiger partial charge in [0.2, 0.25) is 0 Å². The van der Waals surface area contributed by atoms with E-state index in [0.717, 1.165) is 12.8 Å². The predicted octanol–water partition coefficient (Wildman–Crippen LogP) is 3.99. The maximum Gasteiger partial charge on any atom is 0.335 e. The van der Waals surface area contributed by atoms with Crippen LogP contribution in [0.3, 0.4) is 0 Å². The molecule has 0 aliphatic heterocycles. The average molecular weight is 424 g/mol. The number of benzene rings is 3. The number of aromatic carboxylic acids is 2. The van der Waals surface area contributed by atoms with Crippen LogP contribution in [0.1, 0.15) is 32.7 Å². The zero-order valence-corrected chi connectivity index (χ0v) is 17.2. The van der Waals surface area contributed by atoms with Crippen molar-refractivity contribution in [3.05, 3.63) is 108 Å². The Bertz CT molecular complexity index is 813. The number of hydrogen-bond acceptors (Lipinski definition) is 4. The van der Waals surface area contributed by atoms with E-state index in [1.54, 1.807) is 60.7 Å². The van der Waals surface area contributed by atoms with E-state index in [4.69, 9.17) is 20.4 Å². The van der Waals surface area contributed by atoms with E-state index in [1.165, 1.54) is 5.56 Å². The molecule has 164 valence electrons. The fourth-order valence-corrected chi connectivity index (χ4v) is 2.42. The van der Waals surface area contributed by atoms with E-state index >= 15 is 0 Å². The molecule has 3 aromatic carbocycles. The van der Waals surface area contributed by atoms with E-state index in [9.17, 15) is 9.59 Å². The molecular formula is C25H28O6. The molecule has 3 aromatic rings. The third-order valence-corrected chi connectivity index (χ3v) is 4.24. The SMILES string of the molecule is O=C(O)c1ccccc1.O=C(O)c1ccccc1.OCC(CO)CCc1ccccc1. The van der Waals surface area contributed by atoms with Gasteiger partial charge in [-0.2, -0.15) is 0 Å². The highest BCUT2D eigenvalue weighted by Crippen LogP contribution is 2.08. The third kappa shape index (κ3) is 11.3. The van der Waals surface area contributed by atoms with Crippen molar-refractivity contribution in [3.8, 4) is 0 Å². The van der Waals surface area contributed by atoms with E-state index in [0.29, 0.717) is 11.1 Å². The molecule has 0 saturated heterocycles. The average Bonchev–Trinajstić information content (AvgIpc) is 2.82. The van der Waals surface area contributed by atoms with Crippen LogP contribution in [0.2, 0.25) is 0 Å². The van der Waals surface area contributed by atoms with Gasteiger partial charge in [0.15, 0.2) is 0 Å². The molecule has 6 nitrogen and oxygen atoms in total. The Balaban J connectivity index is 0.000000239. The van der Waals surface area contributed by atoms with E-state index < -0.39 is 11.9 Å². The number of carbonyl (C=O) groups is 2. The minimum absolute atomic E-state index is 0.0280. The van der Waals surface area contributed by atoms with Crippen molar-refractivity contribution < 1.29 is 30.0 Å². The number of aliphatic hydroxyl groups excluding tert-OH is 2. The molecule has 0 fully saturated rings. The molecule has 0 aliphatic carbocycles. The molecule has 3 rings (SSSR count). The van der Waals surface area contributed by atoms with Crippen LogP contribution in [0.4, 0.5) is 0 Å². The number of carboxylic acids is 2. The number of aryl methyl sites for hydroxylation is 1. The van der Waals surface area contributed by atoms with Crippen LogP contribution < -0.4 is 0 Å². The standard InChI is InChI=1S/C11H16O2.2C7H6O2/c12-8-11(9-13)7-6-10-4-2-1-3-5-10;2*8-7(9)6-4-2-1-3-5-6/h1-5,11-13H,6-9H2;2*1-5H,(H,8,9). The molecule has 0 amide bonds. The van der Waals surface area contributed by atoms with Gasteiger partial charge in [-0.1, -0.05) is 66.7 Å². The molecule has 6 heteroatoms. The summed E-state index contributed by atoms with van der Waals surface area (Å²) in [7, 11) is 0. The van der Waals surface area contributed by atoms with Crippen molar-refractivity contribution >= 4 is 11.9 Å². The molecule has 0 radical (unpaired) electrons. The molecule has 31 heavy (non-hydrogen) atoms. The zero-order valence-electron chi connectivity index (χ0n) is 17.2. The molecule has 0 aromatic heterocycles. The van der Waals surface area contributed by atoms with E-state index in [1.807, 2.05) is 18.2 Å². The van der Waals surface area contributed by atoms with Crippen LogP contribution >= 0.6 is 0 Å². The van der Waals surface area contributed by atoms with Gasteiger partial charge < -0.3 is 20.4 Å². The van der Waals surface area contributed by atoms with E-state index in [-0.39, 0.29) is 19.1 Å². The molecule has 0 atom stereocenters. The van der Waals surface area contributed by atoms with Crippen LogP contribution in [0.25, 0.3) is 0 Å². The lowest BCUT2D eigenvalue weighted by Crippen LogP contribution is -2.11. The number of carboxylic acid groups (broad SMARTS) is 2. The highest BCUT2D eigenvalue weighted by Gasteiger charge is 2.05. The first-order valence-electron chi connectivity index (χ1n) is 9.80. The number of hydrogen-bond donors (Lipinski definition) is 4. The minimum Gasteiger partial charge on any atom is -0.478 e. The predicted molar refractivity (Wildman–Crippen MR) is 119 cm³/mol. The lowest BCUT2D eigenvalue weighted by Gasteiger charge is -2.09. The first kappa shape index (κ1) is 25.6. The van der Waals surface area contributed by atoms with Gasteiger partial charge >= 0.3 is 11.9 Å². The Hall–Kier alpha value is -3.48. The fourth-order valence-electron chi connectivity index (χ4n) is 2.42. The maximum absolute atomic E-state index is 10.2. The van der Waals surface area contributed by atoms with Gasteiger partial charge in [-0.15, -0.1) is 0 Å². The van der Waals surface area contributed by atoms with Crippen molar-refractivity contribution in [1.82, 2.24) is 0 Å². The zero-order chi connectivity index (χ0) is 22.9. The topological polar surface area (TPSA) is 115 Å². The first-order valence-corrected chi connectivity index (χ1v) is 9.80. The molecule has 4 N–H and O–H groups in total. The second kappa shape index (κ2) is 15.4. The van der Waals surface area contributed by atoms with Gasteiger partial charge in [0.25, 0.3) is 0 Å². The minimum atomic E-state index is -0.879. The van der Waals surface area contributed by atoms with Crippen LogP contribution in [0.15, 0.2) is 91.0 Å². The summed E-state index contributed by atoms with van der Waals surface area (Å²) in [5.41, 5.74) is 1.92. The Labute approximate surface area is 182 Å². The number of rotatable bonds is 7. The summed E-state index contributed by atoms with van der Waals surface area (Å²) in [5, 5.41) is 34.5. The molecule has 0 spiro atoms. The molecular weight excluding hydrogens is 396 g/mol. The van der Waals surface area contributed by atoms with Crippen molar-refractivity contribution in [2.75, 3.05) is 13.2 Å². The van der Waals surface area contributed by atoms with Gasteiger partial charge in [-0.3, -0.25) is 0 Å². The summed E-state index contributed by atoms with van der Waals surface area (Å²) in [6.07, 6.45) is 1.77. The van der Waals surface area contributed by atoms with Crippen molar-refractivity contribution in [2.45, 2.75) is 12.8 Å². The lowest BCUT2D eigenvalue weighted by atomic mass is 10.0.